The third kappa shape index (κ3) is 3.96. The average Bonchev–Trinajstić information content (AvgIpc) is 2.42. The van der Waals surface area contributed by atoms with E-state index in [9.17, 15) is 9.90 Å². The Labute approximate surface area is 143 Å². The van der Waals surface area contributed by atoms with Crippen LogP contribution in [-0.4, -0.2) is 34.8 Å². The van der Waals surface area contributed by atoms with Gasteiger partial charge in [0.25, 0.3) is 0 Å². The van der Waals surface area contributed by atoms with Crippen molar-refractivity contribution in [1.82, 2.24) is 4.90 Å². The lowest BCUT2D eigenvalue weighted by Crippen LogP contribution is -2.39. The number of phenolic OH excluding ortho intramolecular Hbond substituents is 1. The zero-order chi connectivity index (χ0) is 16.5. The Bertz CT molecular complexity index is 623. The smallest absolute Gasteiger partial charge is 0.410 e. The van der Waals surface area contributed by atoms with Gasteiger partial charge in [0.05, 0.1) is 5.02 Å². The van der Waals surface area contributed by atoms with Crippen LogP contribution in [0.25, 0.3) is 5.57 Å². The first kappa shape index (κ1) is 17.2. The molecule has 1 amide bonds. The van der Waals surface area contributed by atoms with Gasteiger partial charge >= 0.3 is 6.09 Å². The molecule has 1 aliphatic rings. The second-order valence-electron chi connectivity index (χ2n) is 6.16. The zero-order valence-corrected chi connectivity index (χ0v) is 15.2. The summed E-state index contributed by atoms with van der Waals surface area (Å²) in [6, 6.07) is 3.31. The Morgan fingerprint density at radius 2 is 2.09 bits per heavy atom. The predicted molar refractivity (Wildman–Crippen MR) is 91.2 cm³/mol. The molecule has 1 aromatic rings. The number of hydrogen-bond acceptors (Lipinski definition) is 3. The molecule has 4 nitrogen and oxygen atoms in total. The minimum Gasteiger partial charge on any atom is -0.507 e. The first-order valence-electron chi connectivity index (χ1n) is 7.03. The van der Waals surface area contributed by atoms with Crippen LogP contribution in [0.2, 0.25) is 5.02 Å². The summed E-state index contributed by atoms with van der Waals surface area (Å²) in [4.78, 5) is 13.7. The Morgan fingerprint density at radius 1 is 1.41 bits per heavy atom. The van der Waals surface area contributed by atoms with Crippen LogP contribution in [0, 0.1) is 0 Å². The maximum absolute atomic E-state index is 12.0. The van der Waals surface area contributed by atoms with E-state index in [0.717, 1.165) is 10.0 Å². The number of hydrogen-bond donors (Lipinski definition) is 1. The molecule has 1 aromatic carbocycles. The maximum atomic E-state index is 12.0. The van der Waals surface area contributed by atoms with Gasteiger partial charge in [0.1, 0.15) is 11.4 Å². The van der Waals surface area contributed by atoms with Crippen molar-refractivity contribution in [2.45, 2.75) is 32.8 Å². The molecule has 6 heteroatoms. The summed E-state index contributed by atoms with van der Waals surface area (Å²) in [5.74, 6) is 0.144. The fraction of sp³-hybridized carbons (Fsp3) is 0.438. The number of halogens is 2. The second kappa shape index (κ2) is 6.50. The van der Waals surface area contributed by atoms with Crippen LogP contribution < -0.4 is 0 Å². The number of aromatic hydroxyl groups is 1. The van der Waals surface area contributed by atoms with Gasteiger partial charge in [-0.25, -0.2) is 4.79 Å². The van der Waals surface area contributed by atoms with E-state index in [1.54, 1.807) is 17.0 Å². The fourth-order valence-electron chi connectivity index (χ4n) is 2.23. The van der Waals surface area contributed by atoms with Crippen molar-refractivity contribution in [1.29, 1.82) is 0 Å². The van der Waals surface area contributed by atoms with E-state index in [4.69, 9.17) is 16.3 Å². The Morgan fingerprint density at radius 3 is 2.64 bits per heavy atom. The summed E-state index contributed by atoms with van der Waals surface area (Å²) >= 11 is 9.63. The molecule has 0 fully saturated rings. The van der Waals surface area contributed by atoms with Crippen LogP contribution in [-0.2, 0) is 4.74 Å². The van der Waals surface area contributed by atoms with Crippen molar-refractivity contribution in [3.8, 4) is 5.75 Å². The molecule has 0 aliphatic carbocycles. The van der Waals surface area contributed by atoms with E-state index in [0.29, 0.717) is 30.1 Å². The SMILES string of the molecule is CC(C)(C)OC(=O)N1CC=C(c2c(O)ccc(Br)c2Cl)CC1. The molecule has 1 N–H and O–H groups in total. The minimum atomic E-state index is -0.507. The maximum Gasteiger partial charge on any atom is 0.410 e. The Balaban J connectivity index is 2.16. The molecule has 0 aromatic heterocycles. The lowest BCUT2D eigenvalue weighted by atomic mass is 9.98. The Hall–Kier alpha value is -1.20. The van der Waals surface area contributed by atoms with Crippen LogP contribution in [0.1, 0.15) is 32.8 Å². The van der Waals surface area contributed by atoms with Gasteiger partial charge in [0, 0.05) is 23.1 Å². The van der Waals surface area contributed by atoms with Gasteiger partial charge < -0.3 is 14.7 Å². The van der Waals surface area contributed by atoms with E-state index < -0.39 is 5.60 Å². The number of benzene rings is 1. The second-order valence-corrected chi connectivity index (χ2v) is 7.39. The summed E-state index contributed by atoms with van der Waals surface area (Å²) in [6.07, 6.45) is 2.19. The number of carbonyl (C=O) groups is 1. The lowest BCUT2D eigenvalue weighted by Gasteiger charge is -2.30. The lowest BCUT2D eigenvalue weighted by molar-refractivity contribution is 0.0270. The van der Waals surface area contributed by atoms with E-state index >= 15 is 0 Å². The molecular weight excluding hydrogens is 370 g/mol. The number of nitrogens with zero attached hydrogens (tertiary/aromatic N) is 1. The molecular formula is C16H19BrClNO3. The minimum absolute atomic E-state index is 0.144. The monoisotopic (exact) mass is 387 g/mol. The van der Waals surface area contributed by atoms with Gasteiger partial charge in [-0.2, -0.15) is 0 Å². The highest BCUT2D eigenvalue weighted by molar-refractivity contribution is 9.10. The summed E-state index contributed by atoms with van der Waals surface area (Å²) in [5, 5.41) is 10.5. The van der Waals surface area contributed by atoms with Crippen molar-refractivity contribution in [3.05, 3.63) is 33.3 Å². The van der Waals surface area contributed by atoms with Crippen molar-refractivity contribution in [3.63, 3.8) is 0 Å². The van der Waals surface area contributed by atoms with Crippen molar-refractivity contribution < 1.29 is 14.6 Å². The highest BCUT2D eigenvalue weighted by Gasteiger charge is 2.25. The van der Waals surface area contributed by atoms with E-state index in [1.807, 2.05) is 26.8 Å². The van der Waals surface area contributed by atoms with Crippen LogP contribution >= 0.6 is 27.5 Å². The van der Waals surface area contributed by atoms with Crippen molar-refractivity contribution in [2.75, 3.05) is 13.1 Å². The molecule has 0 saturated heterocycles. The molecule has 0 bridgehead atoms. The average molecular weight is 389 g/mol. The quantitative estimate of drug-likeness (QED) is 0.749. The highest BCUT2D eigenvalue weighted by atomic mass is 79.9. The molecule has 2 rings (SSSR count). The largest absolute Gasteiger partial charge is 0.507 e. The molecule has 0 saturated carbocycles. The van der Waals surface area contributed by atoms with E-state index in [1.165, 1.54) is 0 Å². The van der Waals surface area contributed by atoms with Crippen molar-refractivity contribution >= 4 is 39.2 Å². The molecule has 1 heterocycles. The van der Waals surface area contributed by atoms with E-state index in [-0.39, 0.29) is 11.8 Å². The van der Waals surface area contributed by atoms with Crippen LogP contribution in [0.4, 0.5) is 4.79 Å². The standard InChI is InChI=1S/C16H19BrClNO3/c1-16(2,3)22-15(21)19-8-6-10(7-9-19)13-12(20)5-4-11(17)14(13)18/h4-6,20H,7-9H2,1-3H3. The van der Waals surface area contributed by atoms with Gasteiger partial charge in [0.2, 0.25) is 0 Å². The zero-order valence-electron chi connectivity index (χ0n) is 12.8. The summed E-state index contributed by atoms with van der Waals surface area (Å²) in [7, 11) is 0. The number of ether oxygens (including phenoxy) is 1. The number of rotatable bonds is 1. The fourth-order valence-corrected chi connectivity index (χ4v) is 2.85. The summed E-state index contributed by atoms with van der Waals surface area (Å²) in [5.41, 5.74) is 1.05. The molecule has 0 spiro atoms. The van der Waals surface area contributed by atoms with E-state index in [2.05, 4.69) is 15.9 Å². The van der Waals surface area contributed by atoms with Crippen LogP contribution in [0.3, 0.4) is 0 Å². The first-order chi connectivity index (χ1) is 10.2. The third-order valence-corrected chi connectivity index (χ3v) is 4.54. The normalized spacial score (nSPS) is 15.5. The summed E-state index contributed by atoms with van der Waals surface area (Å²) in [6.45, 7) is 6.50. The highest BCUT2D eigenvalue weighted by Crippen LogP contribution is 2.39. The molecule has 0 unspecified atom stereocenters. The molecule has 0 atom stereocenters. The number of carbonyl (C=O) groups excluding carboxylic acids is 1. The number of phenols is 1. The van der Waals surface area contributed by atoms with Crippen LogP contribution in [0.5, 0.6) is 5.75 Å². The van der Waals surface area contributed by atoms with Gasteiger partial charge in [-0.3, -0.25) is 0 Å². The third-order valence-electron chi connectivity index (χ3n) is 3.25. The van der Waals surface area contributed by atoms with Gasteiger partial charge in [-0.1, -0.05) is 17.7 Å². The van der Waals surface area contributed by atoms with Crippen molar-refractivity contribution in [2.24, 2.45) is 0 Å². The van der Waals surface area contributed by atoms with Crippen LogP contribution in [0.15, 0.2) is 22.7 Å². The summed E-state index contributed by atoms with van der Waals surface area (Å²) < 4.78 is 6.09. The molecule has 1 aliphatic heterocycles. The molecule has 120 valence electrons. The first-order valence-corrected chi connectivity index (χ1v) is 8.20. The van der Waals surface area contributed by atoms with Gasteiger partial charge in [0.15, 0.2) is 0 Å². The molecule has 0 radical (unpaired) electrons. The number of amides is 1. The van der Waals surface area contributed by atoms with Gasteiger partial charge in [-0.05, 0) is 60.8 Å². The Kier molecular flexibility index (Phi) is 5.07. The predicted octanol–water partition coefficient (Wildman–Crippen LogP) is 4.83. The molecule has 22 heavy (non-hydrogen) atoms. The topological polar surface area (TPSA) is 49.8 Å². The van der Waals surface area contributed by atoms with Gasteiger partial charge in [-0.15, -0.1) is 0 Å².